The predicted octanol–water partition coefficient (Wildman–Crippen LogP) is 1.39. The first-order chi connectivity index (χ1) is 8.38. The van der Waals surface area contributed by atoms with Crippen molar-refractivity contribution in [3.05, 3.63) is 22.2 Å². The van der Waals surface area contributed by atoms with Crippen LogP contribution in [0.25, 0.3) is 0 Å². The Bertz CT molecular complexity index is 517. The third-order valence-corrected chi connectivity index (χ3v) is 4.75. The van der Waals surface area contributed by atoms with E-state index in [2.05, 4.69) is 20.7 Å². The van der Waals surface area contributed by atoms with Crippen LogP contribution in [-0.2, 0) is 10.0 Å². The molecule has 0 saturated heterocycles. The van der Waals surface area contributed by atoms with Crippen molar-refractivity contribution in [2.45, 2.75) is 24.7 Å². The molecule has 0 aliphatic carbocycles. The van der Waals surface area contributed by atoms with E-state index in [1.807, 2.05) is 0 Å². The molecule has 7 heteroatoms. The molecule has 0 aromatic heterocycles. The van der Waals surface area contributed by atoms with Crippen molar-refractivity contribution in [1.82, 2.24) is 4.72 Å². The molecule has 18 heavy (non-hydrogen) atoms. The summed E-state index contributed by atoms with van der Waals surface area (Å²) in [6, 6.07) is 3.12. The Morgan fingerprint density at radius 1 is 1.39 bits per heavy atom. The van der Waals surface area contributed by atoms with Gasteiger partial charge in [0, 0.05) is 23.3 Å². The number of unbranched alkanes of at least 4 members (excludes halogenated alkanes) is 1. The second-order valence-electron chi connectivity index (χ2n) is 3.97. The minimum absolute atomic E-state index is 0.0615. The van der Waals surface area contributed by atoms with E-state index >= 15 is 0 Å². The van der Waals surface area contributed by atoms with Crippen LogP contribution in [0.2, 0.25) is 0 Å². The predicted molar refractivity (Wildman–Crippen MR) is 74.8 cm³/mol. The number of aliphatic hydroxyl groups is 1. The maximum atomic E-state index is 12.0. The van der Waals surface area contributed by atoms with Gasteiger partial charge in [-0.05, 0) is 53.4 Å². The zero-order valence-electron chi connectivity index (χ0n) is 10.1. The summed E-state index contributed by atoms with van der Waals surface area (Å²) in [5.74, 6) is 0. The number of benzene rings is 1. The first-order valence-electron chi connectivity index (χ1n) is 5.54. The van der Waals surface area contributed by atoms with E-state index in [9.17, 15) is 8.42 Å². The van der Waals surface area contributed by atoms with Crippen LogP contribution in [0.15, 0.2) is 21.5 Å². The van der Waals surface area contributed by atoms with E-state index in [-0.39, 0.29) is 11.5 Å². The summed E-state index contributed by atoms with van der Waals surface area (Å²) in [5, 5.41) is 8.62. The molecule has 1 rings (SSSR count). The summed E-state index contributed by atoms with van der Waals surface area (Å²) in [7, 11) is -3.54. The lowest BCUT2D eigenvalue weighted by atomic mass is 10.2. The van der Waals surface area contributed by atoms with Gasteiger partial charge in [0.2, 0.25) is 10.0 Å². The molecule has 0 atom stereocenters. The third-order valence-electron chi connectivity index (χ3n) is 2.46. The molecule has 0 spiro atoms. The SMILES string of the molecule is Cc1cc(Br)c(N)cc1S(=O)(=O)NCCCCO. The number of anilines is 1. The van der Waals surface area contributed by atoms with Crippen molar-refractivity contribution in [2.75, 3.05) is 18.9 Å². The second kappa shape index (κ2) is 6.51. The molecule has 0 amide bonds. The van der Waals surface area contributed by atoms with Gasteiger partial charge in [0.25, 0.3) is 0 Å². The molecule has 0 unspecified atom stereocenters. The van der Waals surface area contributed by atoms with Crippen molar-refractivity contribution >= 4 is 31.6 Å². The largest absolute Gasteiger partial charge is 0.398 e. The van der Waals surface area contributed by atoms with Crippen LogP contribution in [0.3, 0.4) is 0 Å². The van der Waals surface area contributed by atoms with Gasteiger partial charge in [-0.25, -0.2) is 13.1 Å². The molecule has 0 aliphatic heterocycles. The van der Waals surface area contributed by atoms with Gasteiger partial charge in [-0.3, -0.25) is 0 Å². The highest BCUT2D eigenvalue weighted by atomic mass is 79.9. The van der Waals surface area contributed by atoms with Gasteiger partial charge < -0.3 is 10.8 Å². The highest BCUT2D eigenvalue weighted by Crippen LogP contribution is 2.26. The fourth-order valence-electron chi connectivity index (χ4n) is 1.48. The number of sulfonamides is 1. The van der Waals surface area contributed by atoms with Crippen LogP contribution in [-0.4, -0.2) is 26.7 Å². The molecule has 0 aliphatic rings. The topological polar surface area (TPSA) is 92.4 Å². The molecule has 5 nitrogen and oxygen atoms in total. The van der Waals surface area contributed by atoms with Crippen molar-refractivity contribution in [3.8, 4) is 0 Å². The Balaban J connectivity index is 2.88. The minimum Gasteiger partial charge on any atom is -0.398 e. The van der Waals surface area contributed by atoms with Gasteiger partial charge in [-0.15, -0.1) is 0 Å². The lowest BCUT2D eigenvalue weighted by Gasteiger charge is -2.11. The number of nitrogens with one attached hydrogen (secondary N) is 1. The van der Waals surface area contributed by atoms with Gasteiger partial charge in [0.15, 0.2) is 0 Å². The Morgan fingerprint density at radius 2 is 2.06 bits per heavy atom. The molecule has 1 aromatic rings. The molecule has 0 heterocycles. The van der Waals surface area contributed by atoms with Crippen molar-refractivity contribution < 1.29 is 13.5 Å². The summed E-state index contributed by atoms with van der Waals surface area (Å²) in [5.41, 5.74) is 6.71. The molecular weight excluding hydrogens is 320 g/mol. The summed E-state index contributed by atoms with van der Waals surface area (Å²) in [6.07, 6.45) is 1.17. The van der Waals surface area contributed by atoms with E-state index in [1.54, 1.807) is 13.0 Å². The van der Waals surface area contributed by atoms with Crippen LogP contribution in [0.1, 0.15) is 18.4 Å². The van der Waals surface area contributed by atoms with E-state index in [0.29, 0.717) is 35.1 Å². The normalized spacial score (nSPS) is 11.7. The Hall–Kier alpha value is -0.630. The lowest BCUT2D eigenvalue weighted by Crippen LogP contribution is -2.25. The van der Waals surface area contributed by atoms with E-state index < -0.39 is 10.0 Å². The number of rotatable bonds is 6. The maximum absolute atomic E-state index is 12.0. The van der Waals surface area contributed by atoms with Crippen LogP contribution in [0.4, 0.5) is 5.69 Å². The zero-order chi connectivity index (χ0) is 13.8. The molecule has 0 saturated carbocycles. The van der Waals surface area contributed by atoms with Gasteiger partial charge >= 0.3 is 0 Å². The monoisotopic (exact) mass is 336 g/mol. The highest BCUT2D eigenvalue weighted by Gasteiger charge is 2.17. The van der Waals surface area contributed by atoms with Crippen molar-refractivity contribution in [3.63, 3.8) is 0 Å². The average molecular weight is 337 g/mol. The van der Waals surface area contributed by atoms with Gasteiger partial charge in [-0.2, -0.15) is 0 Å². The quantitative estimate of drug-likeness (QED) is 0.540. The van der Waals surface area contributed by atoms with E-state index in [1.165, 1.54) is 6.07 Å². The fourth-order valence-corrected chi connectivity index (χ4v) is 3.27. The molecule has 0 radical (unpaired) electrons. The third kappa shape index (κ3) is 3.94. The van der Waals surface area contributed by atoms with Crippen molar-refractivity contribution in [2.24, 2.45) is 0 Å². The van der Waals surface area contributed by atoms with E-state index in [4.69, 9.17) is 10.8 Å². The number of aliphatic hydroxyl groups excluding tert-OH is 1. The minimum atomic E-state index is -3.54. The van der Waals surface area contributed by atoms with Crippen molar-refractivity contribution in [1.29, 1.82) is 0 Å². The van der Waals surface area contributed by atoms with Gasteiger partial charge in [-0.1, -0.05) is 0 Å². The molecule has 0 bridgehead atoms. The molecule has 1 aromatic carbocycles. The summed E-state index contributed by atoms with van der Waals surface area (Å²) in [4.78, 5) is 0.187. The van der Waals surface area contributed by atoms with Crippen LogP contribution < -0.4 is 10.5 Å². The van der Waals surface area contributed by atoms with Gasteiger partial charge in [0.1, 0.15) is 0 Å². The Labute approximate surface area is 116 Å². The number of nitrogen functional groups attached to an aromatic ring is 1. The average Bonchev–Trinajstić information content (AvgIpc) is 2.29. The fraction of sp³-hybridized carbons (Fsp3) is 0.455. The number of hydrogen-bond donors (Lipinski definition) is 3. The summed E-state index contributed by atoms with van der Waals surface area (Å²) >= 11 is 3.25. The first-order valence-corrected chi connectivity index (χ1v) is 7.82. The van der Waals surface area contributed by atoms with Crippen LogP contribution in [0.5, 0.6) is 0 Å². The number of aryl methyl sites for hydroxylation is 1. The number of halogens is 1. The smallest absolute Gasteiger partial charge is 0.240 e. The Morgan fingerprint density at radius 3 is 2.67 bits per heavy atom. The number of nitrogens with two attached hydrogens (primary N) is 1. The molecule has 0 fully saturated rings. The standard InChI is InChI=1S/C11H17BrN2O3S/c1-8-6-9(12)10(13)7-11(8)18(16,17)14-4-2-3-5-15/h6-7,14-15H,2-5,13H2,1H3. The highest BCUT2D eigenvalue weighted by molar-refractivity contribution is 9.10. The molecule has 4 N–H and O–H groups in total. The lowest BCUT2D eigenvalue weighted by molar-refractivity contribution is 0.285. The molecule has 102 valence electrons. The summed E-state index contributed by atoms with van der Waals surface area (Å²) in [6.45, 7) is 2.08. The van der Waals surface area contributed by atoms with Crippen LogP contribution in [0, 0.1) is 6.92 Å². The first kappa shape index (κ1) is 15.4. The summed E-state index contributed by atoms with van der Waals surface area (Å²) < 4.78 is 27.2. The number of hydrogen-bond acceptors (Lipinski definition) is 4. The molecular formula is C11H17BrN2O3S. The zero-order valence-corrected chi connectivity index (χ0v) is 12.5. The van der Waals surface area contributed by atoms with Crippen LogP contribution >= 0.6 is 15.9 Å². The van der Waals surface area contributed by atoms with E-state index in [0.717, 1.165) is 0 Å². The second-order valence-corrected chi connectivity index (χ2v) is 6.56. The Kier molecular flexibility index (Phi) is 5.58. The maximum Gasteiger partial charge on any atom is 0.240 e. The van der Waals surface area contributed by atoms with Gasteiger partial charge in [0.05, 0.1) is 4.90 Å².